The fraction of sp³-hybridized carbons (Fsp3) is 0. The highest BCUT2D eigenvalue weighted by Gasteiger charge is 2.11. The summed E-state index contributed by atoms with van der Waals surface area (Å²) in [5, 5.41) is 1.08. The van der Waals surface area contributed by atoms with Gasteiger partial charge in [0, 0.05) is 0 Å². The molecule has 0 bridgehead atoms. The zero-order valence-corrected chi connectivity index (χ0v) is 14.0. The minimum atomic E-state index is -3.65. The van der Waals surface area contributed by atoms with Crippen LogP contribution in [0.25, 0.3) is 6.08 Å². The van der Waals surface area contributed by atoms with Crippen LogP contribution in [0.5, 0.6) is 0 Å². The normalized spacial score (nSPS) is 11.7. The van der Waals surface area contributed by atoms with Gasteiger partial charge in [0.25, 0.3) is 10.0 Å². The van der Waals surface area contributed by atoms with Gasteiger partial charge in [-0.1, -0.05) is 30.3 Å². The van der Waals surface area contributed by atoms with Gasteiger partial charge >= 0.3 is 0 Å². The van der Waals surface area contributed by atoms with E-state index in [1.807, 2.05) is 18.2 Å². The molecule has 0 saturated heterocycles. The van der Waals surface area contributed by atoms with E-state index in [1.54, 1.807) is 12.1 Å². The third-order valence-corrected chi connectivity index (χ3v) is 4.09. The molecule has 0 unspecified atom stereocenters. The molecule has 0 aliphatic carbocycles. The molecule has 0 aliphatic rings. The van der Waals surface area contributed by atoms with Crippen molar-refractivity contribution in [1.29, 1.82) is 0 Å². The maximum absolute atomic E-state index is 11.9. The third-order valence-electron chi connectivity index (χ3n) is 2.18. The van der Waals surface area contributed by atoms with Crippen molar-refractivity contribution in [3.05, 3.63) is 56.7 Å². The van der Waals surface area contributed by atoms with E-state index in [9.17, 15) is 8.42 Å². The summed E-state index contributed by atoms with van der Waals surface area (Å²) in [6.45, 7) is 0. The number of nitrogens with zero attached hydrogens (tertiary/aromatic N) is 2. The summed E-state index contributed by atoms with van der Waals surface area (Å²) in [6.07, 6.45) is 2.91. The highest BCUT2D eigenvalue weighted by Crippen LogP contribution is 2.20. The van der Waals surface area contributed by atoms with E-state index >= 15 is 0 Å². The number of anilines is 1. The van der Waals surface area contributed by atoms with Crippen molar-refractivity contribution in [2.75, 3.05) is 4.72 Å². The van der Waals surface area contributed by atoms with Crippen LogP contribution < -0.4 is 4.72 Å². The average Bonchev–Trinajstić information content (AvgIpc) is 2.41. The number of halogens is 2. The molecular formula is C12H9Br2N3O2S. The van der Waals surface area contributed by atoms with E-state index in [-0.39, 0.29) is 5.82 Å². The molecule has 0 fully saturated rings. The van der Waals surface area contributed by atoms with Gasteiger partial charge < -0.3 is 0 Å². The highest BCUT2D eigenvalue weighted by atomic mass is 79.9. The van der Waals surface area contributed by atoms with Crippen molar-refractivity contribution in [3.63, 3.8) is 0 Å². The molecule has 20 heavy (non-hydrogen) atoms. The zero-order valence-electron chi connectivity index (χ0n) is 9.99. The van der Waals surface area contributed by atoms with E-state index in [4.69, 9.17) is 0 Å². The maximum atomic E-state index is 11.9. The van der Waals surface area contributed by atoms with E-state index < -0.39 is 10.0 Å². The van der Waals surface area contributed by atoms with Crippen molar-refractivity contribution in [2.24, 2.45) is 0 Å². The first-order valence-corrected chi connectivity index (χ1v) is 8.53. The molecule has 0 aliphatic heterocycles. The Hall–Kier alpha value is -1.25. The first-order chi connectivity index (χ1) is 9.46. The SMILES string of the molecule is O=S(=O)(/C=C/c1ccccc1)Nc1ncc(Br)nc1Br. The summed E-state index contributed by atoms with van der Waals surface area (Å²) >= 11 is 6.28. The summed E-state index contributed by atoms with van der Waals surface area (Å²) in [7, 11) is -3.65. The predicted octanol–water partition coefficient (Wildman–Crippen LogP) is 3.41. The zero-order chi connectivity index (χ0) is 14.6. The molecular weight excluding hydrogens is 410 g/mol. The quantitative estimate of drug-likeness (QED) is 0.825. The van der Waals surface area contributed by atoms with Crippen LogP contribution in [0, 0.1) is 0 Å². The van der Waals surface area contributed by atoms with E-state index in [0.717, 1.165) is 11.0 Å². The smallest absolute Gasteiger partial charge is 0.256 e. The molecule has 5 nitrogen and oxygen atoms in total. The van der Waals surface area contributed by atoms with E-state index in [2.05, 4.69) is 46.5 Å². The summed E-state index contributed by atoms with van der Waals surface area (Å²) in [4.78, 5) is 7.93. The molecule has 2 aromatic rings. The first kappa shape index (κ1) is 15.1. The van der Waals surface area contributed by atoms with Crippen LogP contribution in [0.2, 0.25) is 0 Å². The van der Waals surface area contributed by atoms with Crippen LogP contribution in [-0.2, 0) is 10.0 Å². The Balaban J connectivity index is 2.17. The van der Waals surface area contributed by atoms with Crippen molar-refractivity contribution in [1.82, 2.24) is 9.97 Å². The summed E-state index contributed by atoms with van der Waals surface area (Å²) in [5.74, 6) is 0.130. The Morgan fingerprint density at radius 2 is 1.85 bits per heavy atom. The lowest BCUT2D eigenvalue weighted by Crippen LogP contribution is -2.11. The van der Waals surface area contributed by atoms with Crippen LogP contribution in [0.3, 0.4) is 0 Å². The highest BCUT2D eigenvalue weighted by molar-refractivity contribution is 9.11. The van der Waals surface area contributed by atoms with E-state index in [1.165, 1.54) is 12.3 Å². The maximum Gasteiger partial charge on any atom is 0.256 e. The molecule has 0 radical (unpaired) electrons. The number of benzene rings is 1. The molecule has 0 amide bonds. The molecule has 8 heteroatoms. The molecule has 1 heterocycles. The summed E-state index contributed by atoms with van der Waals surface area (Å²) in [6, 6.07) is 9.13. The Morgan fingerprint density at radius 1 is 1.15 bits per heavy atom. The number of hydrogen-bond donors (Lipinski definition) is 1. The third kappa shape index (κ3) is 4.39. The number of aromatic nitrogens is 2. The van der Waals surface area contributed by atoms with Gasteiger partial charge in [-0.15, -0.1) is 0 Å². The van der Waals surface area contributed by atoms with Gasteiger partial charge in [-0.25, -0.2) is 18.4 Å². The second-order valence-corrected chi connectivity index (χ2v) is 6.82. The van der Waals surface area contributed by atoms with Gasteiger partial charge in [0.15, 0.2) is 10.4 Å². The van der Waals surface area contributed by atoms with Crippen LogP contribution in [0.4, 0.5) is 5.82 Å². The van der Waals surface area contributed by atoms with Gasteiger partial charge in [-0.3, -0.25) is 4.72 Å². The van der Waals surface area contributed by atoms with Crippen LogP contribution in [-0.4, -0.2) is 18.4 Å². The Kier molecular flexibility index (Phi) is 4.90. The Labute approximate surface area is 133 Å². The summed E-state index contributed by atoms with van der Waals surface area (Å²) in [5.41, 5.74) is 0.791. The monoisotopic (exact) mass is 417 g/mol. The van der Waals surface area contributed by atoms with Gasteiger partial charge in [0.2, 0.25) is 0 Å². The fourth-order valence-electron chi connectivity index (χ4n) is 1.32. The van der Waals surface area contributed by atoms with Gasteiger partial charge in [-0.05, 0) is 43.5 Å². The first-order valence-electron chi connectivity index (χ1n) is 5.40. The lowest BCUT2D eigenvalue weighted by molar-refractivity contribution is 0.609. The molecule has 2 rings (SSSR count). The second-order valence-electron chi connectivity index (χ2n) is 3.69. The van der Waals surface area contributed by atoms with Gasteiger partial charge in [0.05, 0.1) is 11.6 Å². The molecule has 0 saturated carbocycles. The lowest BCUT2D eigenvalue weighted by atomic mass is 10.2. The summed E-state index contributed by atoms with van der Waals surface area (Å²) < 4.78 is 27.0. The fourth-order valence-corrected chi connectivity index (χ4v) is 3.18. The van der Waals surface area contributed by atoms with Crippen molar-refractivity contribution in [2.45, 2.75) is 0 Å². The predicted molar refractivity (Wildman–Crippen MR) is 85.5 cm³/mol. The molecule has 0 atom stereocenters. The lowest BCUT2D eigenvalue weighted by Gasteiger charge is -2.05. The minimum absolute atomic E-state index is 0.130. The minimum Gasteiger partial charge on any atom is -0.262 e. The van der Waals surface area contributed by atoms with Gasteiger partial charge in [-0.2, -0.15) is 0 Å². The molecule has 104 valence electrons. The van der Waals surface area contributed by atoms with Crippen molar-refractivity contribution in [3.8, 4) is 0 Å². The van der Waals surface area contributed by atoms with Crippen molar-refractivity contribution >= 4 is 53.8 Å². The van der Waals surface area contributed by atoms with Crippen LogP contribution in [0.1, 0.15) is 5.56 Å². The number of rotatable bonds is 4. The van der Waals surface area contributed by atoms with Crippen LogP contribution >= 0.6 is 31.9 Å². The second kappa shape index (κ2) is 6.47. The Bertz CT molecular complexity index is 734. The molecule has 1 N–H and O–H groups in total. The average molecular weight is 419 g/mol. The molecule has 1 aromatic heterocycles. The number of sulfonamides is 1. The number of hydrogen-bond acceptors (Lipinski definition) is 4. The van der Waals surface area contributed by atoms with Gasteiger partial charge in [0.1, 0.15) is 4.60 Å². The number of nitrogens with one attached hydrogen (secondary N) is 1. The van der Waals surface area contributed by atoms with E-state index in [0.29, 0.717) is 9.21 Å². The molecule has 1 aromatic carbocycles. The standard InChI is InChI=1S/C12H9Br2N3O2S/c13-10-8-15-12(11(14)16-10)17-20(18,19)7-6-9-4-2-1-3-5-9/h1-8H,(H,15,17)/b7-6+. The van der Waals surface area contributed by atoms with Crippen LogP contribution in [0.15, 0.2) is 51.1 Å². The molecule has 0 spiro atoms. The largest absolute Gasteiger partial charge is 0.262 e. The Morgan fingerprint density at radius 3 is 2.50 bits per heavy atom. The topological polar surface area (TPSA) is 72.0 Å². The van der Waals surface area contributed by atoms with Crippen molar-refractivity contribution < 1.29 is 8.42 Å².